The zero-order valence-electron chi connectivity index (χ0n) is 17.3. The van der Waals surface area contributed by atoms with Crippen LogP contribution >= 0.6 is 0 Å². The van der Waals surface area contributed by atoms with Crippen LogP contribution in [0.3, 0.4) is 0 Å². The molecule has 0 unspecified atom stereocenters. The molecule has 0 bridgehead atoms. The molecule has 3 aromatic rings. The predicted octanol–water partition coefficient (Wildman–Crippen LogP) is 2.76. The first-order chi connectivity index (χ1) is 14.9. The Hall–Kier alpha value is -3.13. The van der Waals surface area contributed by atoms with E-state index in [1.54, 1.807) is 19.1 Å². The molecule has 1 saturated heterocycles. The third kappa shape index (κ3) is 4.96. The number of hydrogen-bond donors (Lipinski definition) is 1. The molecule has 8 heteroatoms. The summed E-state index contributed by atoms with van der Waals surface area (Å²) in [5.74, 6) is -0.613. The summed E-state index contributed by atoms with van der Waals surface area (Å²) in [6.07, 6.45) is 1.59. The van der Waals surface area contributed by atoms with Crippen LogP contribution in [0.5, 0.6) is 0 Å². The van der Waals surface area contributed by atoms with E-state index in [1.807, 2.05) is 0 Å². The molecule has 2 heterocycles. The number of halogens is 2. The molecular weight excluding hydrogens is 402 g/mol. The monoisotopic (exact) mass is 426 g/mol. The van der Waals surface area contributed by atoms with Crippen LogP contribution in [0, 0.1) is 18.6 Å². The second kappa shape index (κ2) is 8.93. The number of aryl methyl sites for hydroxylation is 1. The lowest BCUT2D eigenvalue weighted by molar-refractivity contribution is -0.122. The summed E-state index contributed by atoms with van der Waals surface area (Å²) in [5.41, 5.74) is 1.04. The molecule has 0 aliphatic carbocycles. The van der Waals surface area contributed by atoms with Crippen molar-refractivity contribution in [3.05, 3.63) is 75.8 Å². The fourth-order valence-electron chi connectivity index (χ4n) is 3.99. The second-order valence-electron chi connectivity index (χ2n) is 7.96. The molecule has 1 N–H and O–H groups in total. The normalized spacial score (nSPS) is 15.3. The van der Waals surface area contributed by atoms with Gasteiger partial charge in [-0.2, -0.15) is 0 Å². The number of benzene rings is 2. The molecule has 0 spiro atoms. The standard InChI is InChI=1S/C23H24F2N4O2/c1-15-26-21-7-6-18(25)12-20(21)23(31)29(15)14-22(30)27-19-8-10-28(11-9-19)13-16-2-4-17(24)5-3-16/h2-7,12,19H,8-11,13-14H2,1H3,(H,27,30). The minimum Gasteiger partial charge on any atom is -0.352 e. The summed E-state index contributed by atoms with van der Waals surface area (Å²) in [6.45, 7) is 3.89. The highest BCUT2D eigenvalue weighted by Crippen LogP contribution is 2.15. The molecule has 0 saturated carbocycles. The Kier molecular flexibility index (Phi) is 6.08. The molecule has 1 aromatic heterocycles. The number of carbonyl (C=O) groups is 1. The Morgan fingerprint density at radius 3 is 2.48 bits per heavy atom. The molecule has 4 rings (SSSR count). The van der Waals surface area contributed by atoms with Crippen molar-refractivity contribution < 1.29 is 13.6 Å². The van der Waals surface area contributed by atoms with Gasteiger partial charge in [-0.1, -0.05) is 12.1 Å². The number of nitrogens with one attached hydrogen (secondary N) is 1. The summed E-state index contributed by atoms with van der Waals surface area (Å²) in [5, 5.41) is 3.16. The van der Waals surface area contributed by atoms with Crippen molar-refractivity contribution in [2.45, 2.75) is 38.9 Å². The maximum absolute atomic E-state index is 13.5. The number of rotatable bonds is 5. The Morgan fingerprint density at radius 1 is 1.10 bits per heavy atom. The van der Waals surface area contributed by atoms with Crippen molar-refractivity contribution in [1.82, 2.24) is 19.8 Å². The molecule has 1 fully saturated rings. The van der Waals surface area contributed by atoms with Gasteiger partial charge in [-0.3, -0.25) is 19.1 Å². The second-order valence-corrected chi connectivity index (χ2v) is 7.96. The van der Waals surface area contributed by atoms with Crippen LogP contribution in [0.15, 0.2) is 47.3 Å². The maximum Gasteiger partial charge on any atom is 0.261 e. The van der Waals surface area contributed by atoms with Crippen molar-refractivity contribution in [1.29, 1.82) is 0 Å². The first-order valence-electron chi connectivity index (χ1n) is 10.3. The first-order valence-corrected chi connectivity index (χ1v) is 10.3. The highest BCUT2D eigenvalue weighted by atomic mass is 19.1. The average molecular weight is 426 g/mol. The van der Waals surface area contributed by atoms with E-state index in [2.05, 4.69) is 15.2 Å². The van der Waals surface area contributed by atoms with Crippen molar-refractivity contribution in [3.8, 4) is 0 Å². The minimum atomic E-state index is -0.515. The molecular formula is C23H24F2N4O2. The van der Waals surface area contributed by atoms with E-state index >= 15 is 0 Å². The fourth-order valence-corrected chi connectivity index (χ4v) is 3.99. The van der Waals surface area contributed by atoms with Crippen LogP contribution < -0.4 is 10.9 Å². The van der Waals surface area contributed by atoms with Crippen LogP contribution in [0.25, 0.3) is 10.9 Å². The molecule has 0 radical (unpaired) electrons. The lowest BCUT2D eigenvalue weighted by Crippen LogP contribution is -2.46. The Bertz CT molecular complexity index is 1150. The van der Waals surface area contributed by atoms with Crippen molar-refractivity contribution in [3.63, 3.8) is 0 Å². The molecule has 1 amide bonds. The maximum atomic E-state index is 13.5. The zero-order valence-corrected chi connectivity index (χ0v) is 17.3. The number of hydrogen-bond acceptors (Lipinski definition) is 4. The minimum absolute atomic E-state index is 0.0267. The quantitative estimate of drug-likeness (QED) is 0.681. The van der Waals surface area contributed by atoms with Gasteiger partial charge >= 0.3 is 0 Å². The molecule has 1 aliphatic heterocycles. The van der Waals surface area contributed by atoms with E-state index in [0.29, 0.717) is 11.3 Å². The van der Waals surface area contributed by atoms with Crippen LogP contribution in [0.2, 0.25) is 0 Å². The largest absolute Gasteiger partial charge is 0.352 e. The van der Waals surface area contributed by atoms with E-state index in [-0.39, 0.29) is 29.7 Å². The van der Waals surface area contributed by atoms with Gasteiger partial charge in [0.05, 0.1) is 10.9 Å². The number of fused-ring (bicyclic) bond motifs is 1. The molecule has 2 aromatic carbocycles. The van der Waals surface area contributed by atoms with Gasteiger partial charge in [-0.25, -0.2) is 13.8 Å². The van der Waals surface area contributed by atoms with Crippen molar-refractivity contribution in [2.75, 3.05) is 13.1 Å². The van der Waals surface area contributed by atoms with E-state index in [0.717, 1.165) is 44.1 Å². The van der Waals surface area contributed by atoms with Gasteiger partial charge in [0, 0.05) is 25.7 Å². The van der Waals surface area contributed by atoms with Gasteiger partial charge in [0.25, 0.3) is 5.56 Å². The Balaban J connectivity index is 1.34. The summed E-state index contributed by atoms with van der Waals surface area (Å²) < 4.78 is 27.9. The lowest BCUT2D eigenvalue weighted by Gasteiger charge is -2.32. The summed E-state index contributed by atoms with van der Waals surface area (Å²) >= 11 is 0. The van der Waals surface area contributed by atoms with Gasteiger partial charge < -0.3 is 5.32 Å². The van der Waals surface area contributed by atoms with Crippen LogP contribution in [0.1, 0.15) is 24.2 Å². The fraction of sp³-hybridized carbons (Fsp3) is 0.348. The summed E-state index contributed by atoms with van der Waals surface area (Å²) in [4.78, 5) is 31.9. The highest BCUT2D eigenvalue weighted by Gasteiger charge is 2.21. The molecule has 1 aliphatic rings. The smallest absolute Gasteiger partial charge is 0.261 e. The number of likely N-dealkylation sites (tertiary alicyclic amines) is 1. The van der Waals surface area contributed by atoms with Gasteiger partial charge in [0.1, 0.15) is 24.0 Å². The lowest BCUT2D eigenvalue weighted by atomic mass is 10.0. The number of nitrogens with zero attached hydrogens (tertiary/aromatic N) is 3. The first kappa shape index (κ1) is 21.1. The predicted molar refractivity (Wildman–Crippen MR) is 114 cm³/mol. The van der Waals surface area contributed by atoms with E-state index in [4.69, 9.17) is 0 Å². The number of aromatic nitrogens is 2. The van der Waals surface area contributed by atoms with Crippen molar-refractivity contribution >= 4 is 16.8 Å². The number of amides is 1. The van der Waals surface area contributed by atoms with E-state index < -0.39 is 11.4 Å². The van der Waals surface area contributed by atoms with E-state index in [1.165, 1.54) is 28.8 Å². The zero-order chi connectivity index (χ0) is 22.0. The third-order valence-corrected chi connectivity index (χ3v) is 5.68. The number of piperidine rings is 1. The van der Waals surface area contributed by atoms with Crippen LogP contribution in [0.4, 0.5) is 8.78 Å². The third-order valence-electron chi connectivity index (χ3n) is 5.68. The Morgan fingerprint density at radius 2 is 1.77 bits per heavy atom. The summed E-state index contributed by atoms with van der Waals surface area (Å²) in [7, 11) is 0. The Labute approximate surface area is 178 Å². The van der Waals surface area contributed by atoms with Gasteiger partial charge in [0.15, 0.2) is 0 Å². The highest BCUT2D eigenvalue weighted by molar-refractivity contribution is 5.79. The van der Waals surface area contributed by atoms with Crippen molar-refractivity contribution in [2.24, 2.45) is 0 Å². The van der Waals surface area contributed by atoms with Gasteiger partial charge in [-0.05, 0) is 55.7 Å². The topological polar surface area (TPSA) is 67.2 Å². The summed E-state index contributed by atoms with van der Waals surface area (Å²) in [6, 6.07) is 10.4. The molecule has 31 heavy (non-hydrogen) atoms. The van der Waals surface area contributed by atoms with Crippen LogP contribution in [-0.4, -0.2) is 39.5 Å². The van der Waals surface area contributed by atoms with Crippen LogP contribution in [-0.2, 0) is 17.9 Å². The SMILES string of the molecule is Cc1nc2ccc(F)cc2c(=O)n1CC(=O)NC1CCN(Cc2ccc(F)cc2)CC1. The van der Waals surface area contributed by atoms with Gasteiger partial charge in [-0.15, -0.1) is 0 Å². The average Bonchev–Trinajstić information content (AvgIpc) is 2.75. The molecule has 0 atom stereocenters. The number of carbonyl (C=O) groups excluding carboxylic acids is 1. The molecule has 162 valence electrons. The molecule has 6 nitrogen and oxygen atoms in total. The van der Waals surface area contributed by atoms with Gasteiger partial charge in [0.2, 0.25) is 5.91 Å². The van der Waals surface area contributed by atoms with E-state index in [9.17, 15) is 18.4 Å².